The summed E-state index contributed by atoms with van der Waals surface area (Å²) in [6.07, 6.45) is 7.09. The average molecular weight is 279 g/mol. The number of imidazole rings is 1. The van der Waals surface area contributed by atoms with Crippen molar-refractivity contribution < 1.29 is 9.47 Å². The molecule has 0 radical (unpaired) electrons. The molecule has 1 spiro atoms. The number of hydrogen-bond acceptors (Lipinski definition) is 4. The van der Waals surface area contributed by atoms with E-state index >= 15 is 0 Å². The molecule has 0 amide bonds. The van der Waals surface area contributed by atoms with Gasteiger partial charge in [-0.1, -0.05) is 6.92 Å². The summed E-state index contributed by atoms with van der Waals surface area (Å²) >= 11 is 0. The summed E-state index contributed by atoms with van der Waals surface area (Å²) in [6.45, 7) is 5.53. The van der Waals surface area contributed by atoms with E-state index in [-0.39, 0.29) is 5.60 Å². The molecule has 0 aliphatic carbocycles. The highest BCUT2D eigenvalue weighted by Crippen LogP contribution is 2.40. The molecule has 2 fully saturated rings. The Morgan fingerprint density at radius 1 is 1.55 bits per heavy atom. The van der Waals surface area contributed by atoms with Gasteiger partial charge in [0.05, 0.1) is 18.2 Å². The van der Waals surface area contributed by atoms with E-state index in [1.165, 1.54) is 0 Å². The van der Waals surface area contributed by atoms with E-state index in [1.807, 2.05) is 12.4 Å². The Labute approximate surface area is 120 Å². The van der Waals surface area contributed by atoms with Gasteiger partial charge in [-0.2, -0.15) is 0 Å². The monoisotopic (exact) mass is 279 g/mol. The number of nitrogens with zero attached hydrogens (tertiary/aromatic N) is 2. The normalized spacial score (nSPS) is 31.8. The van der Waals surface area contributed by atoms with Crippen molar-refractivity contribution in [1.82, 2.24) is 14.9 Å². The van der Waals surface area contributed by atoms with Crippen LogP contribution in [0, 0.1) is 5.92 Å². The number of nitrogens with one attached hydrogen (secondary N) is 1. The van der Waals surface area contributed by atoms with Crippen LogP contribution in [0.1, 0.15) is 38.1 Å². The molecule has 2 aliphatic rings. The highest BCUT2D eigenvalue weighted by molar-refractivity contribution is 5.04. The van der Waals surface area contributed by atoms with E-state index in [4.69, 9.17) is 9.47 Å². The number of aromatic nitrogens is 2. The molecule has 112 valence electrons. The molecule has 1 N–H and O–H groups in total. The summed E-state index contributed by atoms with van der Waals surface area (Å²) in [5.74, 6) is 1.69. The molecule has 3 heterocycles. The topological polar surface area (TPSA) is 48.3 Å². The Bertz CT molecular complexity index is 440. The predicted molar refractivity (Wildman–Crippen MR) is 76.5 cm³/mol. The van der Waals surface area contributed by atoms with Gasteiger partial charge in [-0.15, -0.1) is 0 Å². The second-order valence-corrected chi connectivity index (χ2v) is 6.02. The van der Waals surface area contributed by atoms with Crippen molar-refractivity contribution in [2.75, 3.05) is 26.4 Å². The molecular weight excluding hydrogens is 254 g/mol. The Hall–Kier alpha value is -0.910. The van der Waals surface area contributed by atoms with E-state index in [0.717, 1.165) is 51.5 Å². The SMILES string of the molecule is CCNC(c1nccn1C)C1CCOC2(CCOC2)C1. The van der Waals surface area contributed by atoms with Gasteiger partial charge in [-0.3, -0.25) is 0 Å². The Balaban J connectivity index is 1.79. The van der Waals surface area contributed by atoms with Gasteiger partial charge < -0.3 is 19.4 Å². The van der Waals surface area contributed by atoms with Gasteiger partial charge in [-0.25, -0.2) is 4.98 Å². The Morgan fingerprint density at radius 3 is 3.10 bits per heavy atom. The van der Waals surface area contributed by atoms with Crippen molar-refractivity contribution in [3.05, 3.63) is 18.2 Å². The molecule has 0 saturated carbocycles. The maximum Gasteiger partial charge on any atom is 0.125 e. The maximum absolute atomic E-state index is 6.05. The van der Waals surface area contributed by atoms with Crippen LogP contribution in [-0.2, 0) is 16.5 Å². The van der Waals surface area contributed by atoms with Crippen LogP contribution >= 0.6 is 0 Å². The zero-order valence-electron chi connectivity index (χ0n) is 12.5. The molecule has 20 heavy (non-hydrogen) atoms. The highest BCUT2D eigenvalue weighted by Gasteiger charge is 2.43. The first-order valence-electron chi connectivity index (χ1n) is 7.66. The van der Waals surface area contributed by atoms with Gasteiger partial charge in [0.15, 0.2) is 0 Å². The lowest BCUT2D eigenvalue weighted by Crippen LogP contribution is -2.44. The van der Waals surface area contributed by atoms with Crippen molar-refractivity contribution in [2.24, 2.45) is 13.0 Å². The molecule has 2 saturated heterocycles. The molecule has 3 unspecified atom stereocenters. The largest absolute Gasteiger partial charge is 0.378 e. The van der Waals surface area contributed by atoms with Crippen LogP contribution in [0.5, 0.6) is 0 Å². The predicted octanol–water partition coefficient (Wildman–Crippen LogP) is 1.66. The summed E-state index contributed by atoms with van der Waals surface area (Å²) < 4.78 is 13.8. The fraction of sp³-hybridized carbons (Fsp3) is 0.800. The summed E-state index contributed by atoms with van der Waals surface area (Å²) in [6, 6.07) is 0.307. The molecule has 0 aromatic carbocycles. The third-order valence-electron chi connectivity index (χ3n) is 4.63. The smallest absolute Gasteiger partial charge is 0.125 e. The molecule has 0 bridgehead atoms. The van der Waals surface area contributed by atoms with E-state index in [9.17, 15) is 0 Å². The Morgan fingerprint density at radius 2 is 2.45 bits per heavy atom. The van der Waals surface area contributed by atoms with Crippen molar-refractivity contribution in [1.29, 1.82) is 0 Å². The van der Waals surface area contributed by atoms with Crippen LogP contribution in [0.15, 0.2) is 12.4 Å². The molecule has 1 aromatic rings. The van der Waals surface area contributed by atoms with E-state index in [1.54, 1.807) is 0 Å². The quantitative estimate of drug-likeness (QED) is 0.910. The van der Waals surface area contributed by atoms with Crippen LogP contribution in [-0.4, -0.2) is 41.5 Å². The van der Waals surface area contributed by atoms with Crippen LogP contribution < -0.4 is 5.32 Å². The minimum Gasteiger partial charge on any atom is -0.378 e. The van der Waals surface area contributed by atoms with E-state index in [2.05, 4.69) is 28.8 Å². The minimum absolute atomic E-state index is 0.0399. The lowest BCUT2D eigenvalue weighted by molar-refractivity contribution is -0.103. The van der Waals surface area contributed by atoms with Gasteiger partial charge >= 0.3 is 0 Å². The van der Waals surface area contributed by atoms with Crippen molar-refractivity contribution in [2.45, 2.75) is 37.8 Å². The lowest BCUT2D eigenvalue weighted by Gasteiger charge is -2.40. The van der Waals surface area contributed by atoms with Crippen LogP contribution in [0.3, 0.4) is 0 Å². The third kappa shape index (κ3) is 2.62. The maximum atomic E-state index is 6.05. The number of hydrogen-bond donors (Lipinski definition) is 1. The van der Waals surface area contributed by atoms with Gasteiger partial charge in [0.2, 0.25) is 0 Å². The first-order chi connectivity index (χ1) is 9.74. The molecule has 5 heteroatoms. The Kier molecular flexibility index (Phi) is 4.10. The van der Waals surface area contributed by atoms with Gasteiger partial charge in [0.25, 0.3) is 0 Å². The third-order valence-corrected chi connectivity index (χ3v) is 4.63. The number of rotatable bonds is 4. The van der Waals surface area contributed by atoms with Crippen molar-refractivity contribution in [3.8, 4) is 0 Å². The fourth-order valence-electron chi connectivity index (χ4n) is 3.58. The van der Waals surface area contributed by atoms with Crippen LogP contribution in [0.2, 0.25) is 0 Å². The fourth-order valence-corrected chi connectivity index (χ4v) is 3.58. The summed E-state index contributed by atoms with van der Waals surface area (Å²) in [7, 11) is 2.07. The first-order valence-corrected chi connectivity index (χ1v) is 7.66. The molecule has 5 nitrogen and oxygen atoms in total. The van der Waals surface area contributed by atoms with Crippen molar-refractivity contribution >= 4 is 0 Å². The summed E-state index contributed by atoms with van der Waals surface area (Å²) in [5, 5.41) is 3.62. The second-order valence-electron chi connectivity index (χ2n) is 6.02. The van der Waals surface area contributed by atoms with E-state index in [0.29, 0.717) is 12.0 Å². The van der Waals surface area contributed by atoms with E-state index < -0.39 is 0 Å². The standard InChI is InChI=1S/C15H25N3O2/c1-3-16-13(14-17-6-7-18(14)2)12-4-8-20-15(10-12)5-9-19-11-15/h6-7,12-13,16H,3-5,8-11H2,1-2H3. The van der Waals surface area contributed by atoms with Gasteiger partial charge in [0.1, 0.15) is 5.82 Å². The van der Waals surface area contributed by atoms with Crippen molar-refractivity contribution in [3.63, 3.8) is 0 Å². The number of ether oxygens (including phenoxy) is 2. The summed E-state index contributed by atoms with van der Waals surface area (Å²) in [4.78, 5) is 4.55. The van der Waals surface area contributed by atoms with Gasteiger partial charge in [0, 0.05) is 39.1 Å². The minimum atomic E-state index is -0.0399. The molecule has 1 aromatic heterocycles. The molecular formula is C15H25N3O2. The average Bonchev–Trinajstić information content (AvgIpc) is 3.06. The highest BCUT2D eigenvalue weighted by atomic mass is 16.6. The molecule has 2 aliphatic heterocycles. The second kappa shape index (κ2) is 5.84. The molecule has 3 rings (SSSR count). The molecule has 3 atom stereocenters. The summed E-state index contributed by atoms with van der Waals surface area (Å²) in [5.41, 5.74) is -0.0399. The van der Waals surface area contributed by atoms with Gasteiger partial charge in [-0.05, 0) is 25.3 Å². The van der Waals surface area contributed by atoms with Crippen LogP contribution in [0.25, 0.3) is 0 Å². The zero-order valence-corrected chi connectivity index (χ0v) is 12.5. The number of aryl methyl sites for hydroxylation is 1. The zero-order chi connectivity index (χ0) is 14.0. The first kappa shape index (κ1) is 14.0. The lowest BCUT2D eigenvalue weighted by atomic mass is 9.80. The van der Waals surface area contributed by atoms with Crippen LogP contribution in [0.4, 0.5) is 0 Å².